The number of benzene rings is 1. The summed E-state index contributed by atoms with van der Waals surface area (Å²) >= 11 is 0. The number of hydrogen-bond donors (Lipinski definition) is 1. The number of nitrogens with one attached hydrogen (secondary N) is 1. The van der Waals surface area contributed by atoms with Crippen LogP contribution < -0.4 is 5.32 Å². The zero-order valence-electron chi connectivity index (χ0n) is 11.4. The van der Waals surface area contributed by atoms with Crippen LogP contribution in [0.15, 0.2) is 18.2 Å². The molecule has 1 saturated heterocycles. The van der Waals surface area contributed by atoms with Crippen molar-refractivity contribution in [1.29, 1.82) is 0 Å². The van der Waals surface area contributed by atoms with E-state index in [0.29, 0.717) is 5.56 Å². The first-order valence-corrected chi connectivity index (χ1v) is 7.06. The maximum atomic E-state index is 13.2. The monoisotopic (exact) mass is 294 g/mol. The first-order valence-electron chi connectivity index (χ1n) is 7.06. The van der Waals surface area contributed by atoms with Gasteiger partial charge in [-0.3, -0.25) is 9.59 Å². The van der Waals surface area contributed by atoms with Gasteiger partial charge in [-0.15, -0.1) is 0 Å². The Hall–Kier alpha value is -1.98. The summed E-state index contributed by atoms with van der Waals surface area (Å²) in [5, 5.41) is 2.75. The molecule has 0 aromatic heterocycles. The highest BCUT2D eigenvalue weighted by Crippen LogP contribution is 2.34. The van der Waals surface area contributed by atoms with E-state index in [2.05, 4.69) is 5.32 Å². The van der Waals surface area contributed by atoms with Crippen LogP contribution in [-0.2, 0) is 16.1 Å². The van der Waals surface area contributed by atoms with Crippen LogP contribution in [0.1, 0.15) is 24.8 Å². The first-order chi connectivity index (χ1) is 10.0. The van der Waals surface area contributed by atoms with Gasteiger partial charge in [0, 0.05) is 25.6 Å². The van der Waals surface area contributed by atoms with Crippen LogP contribution in [0.25, 0.3) is 0 Å². The maximum Gasteiger partial charge on any atom is 0.245 e. The molecule has 2 fully saturated rings. The number of amides is 2. The average molecular weight is 294 g/mol. The molecule has 21 heavy (non-hydrogen) atoms. The van der Waals surface area contributed by atoms with Crippen LogP contribution in [0, 0.1) is 17.6 Å². The average Bonchev–Trinajstić information content (AvgIpc) is 3.22. The molecule has 3 rings (SSSR count). The highest BCUT2D eigenvalue weighted by molar-refractivity contribution is 5.90. The third kappa shape index (κ3) is 3.20. The Morgan fingerprint density at radius 3 is 2.43 bits per heavy atom. The Labute approximate surface area is 121 Å². The number of halogens is 2. The summed E-state index contributed by atoms with van der Waals surface area (Å²) in [5.74, 6) is -1.44. The van der Waals surface area contributed by atoms with Crippen LogP contribution in [0.3, 0.4) is 0 Å². The molecule has 1 aromatic carbocycles. The van der Waals surface area contributed by atoms with Gasteiger partial charge in [-0.05, 0) is 36.5 Å². The topological polar surface area (TPSA) is 49.4 Å². The number of hydrogen-bond acceptors (Lipinski definition) is 2. The molecule has 4 nitrogen and oxygen atoms in total. The Bertz CT molecular complexity index is 567. The van der Waals surface area contributed by atoms with Crippen molar-refractivity contribution in [1.82, 2.24) is 10.2 Å². The van der Waals surface area contributed by atoms with Crippen molar-refractivity contribution in [2.75, 3.05) is 6.54 Å². The molecule has 1 N–H and O–H groups in total. The summed E-state index contributed by atoms with van der Waals surface area (Å²) in [5.41, 5.74) is 0.393. The highest BCUT2D eigenvalue weighted by Gasteiger charge is 2.40. The molecular weight excluding hydrogens is 278 g/mol. The number of rotatable bonds is 3. The van der Waals surface area contributed by atoms with Crippen molar-refractivity contribution < 1.29 is 18.4 Å². The highest BCUT2D eigenvalue weighted by atomic mass is 19.1. The predicted molar refractivity (Wildman–Crippen MR) is 71.0 cm³/mol. The molecule has 2 amide bonds. The van der Waals surface area contributed by atoms with E-state index in [1.165, 1.54) is 17.0 Å². The number of nitrogens with zero attached hydrogens (tertiary/aromatic N) is 1. The van der Waals surface area contributed by atoms with Crippen LogP contribution in [-0.4, -0.2) is 29.3 Å². The second-order valence-corrected chi connectivity index (χ2v) is 5.67. The number of carbonyl (C=O) groups excluding carboxylic acids is 2. The minimum atomic E-state index is -0.666. The SMILES string of the molecule is O=C1CCN(Cc2cc(F)cc(F)c2)C(=O)C(C2CC2)N1. The molecule has 1 aliphatic heterocycles. The molecule has 1 atom stereocenters. The van der Waals surface area contributed by atoms with Gasteiger partial charge in [0.15, 0.2) is 0 Å². The van der Waals surface area contributed by atoms with E-state index in [-0.39, 0.29) is 37.2 Å². The normalized spacial score (nSPS) is 23.0. The van der Waals surface area contributed by atoms with E-state index in [0.717, 1.165) is 18.9 Å². The van der Waals surface area contributed by atoms with Crippen molar-refractivity contribution >= 4 is 11.8 Å². The van der Waals surface area contributed by atoms with Gasteiger partial charge in [0.05, 0.1) is 0 Å². The molecule has 1 aromatic rings. The number of carbonyl (C=O) groups is 2. The van der Waals surface area contributed by atoms with E-state index in [9.17, 15) is 18.4 Å². The van der Waals surface area contributed by atoms with Gasteiger partial charge in [0.25, 0.3) is 0 Å². The molecule has 1 aliphatic carbocycles. The molecule has 0 radical (unpaired) electrons. The van der Waals surface area contributed by atoms with E-state index in [1.807, 2.05) is 0 Å². The minimum Gasteiger partial charge on any atom is -0.344 e. The lowest BCUT2D eigenvalue weighted by Gasteiger charge is -2.24. The van der Waals surface area contributed by atoms with Gasteiger partial charge < -0.3 is 10.2 Å². The van der Waals surface area contributed by atoms with Gasteiger partial charge in [-0.1, -0.05) is 0 Å². The van der Waals surface area contributed by atoms with Gasteiger partial charge in [-0.2, -0.15) is 0 Å². The quantitative estimate of drug-likeness (QED) is 0.920. The Balaban J connectivity index is 1.79. The summed E-state index contributed by atoms with van der Waals surface area (Å²) in [7, 11) is 0. The largest absolute Gasteiger partial charge is 0.344 e. The van der Waals surface area contributed by atoms with Gasteiger partial charge in [0.1, 0.15) is 17.7 Å². The molecule has 112 valence electrons. The Kier molecular flexibility index (Phi) is 3.61. The van der Waals surface area contributed by atoms with Gasteiger partial charge in [-0.25, -0.2) is 8.78 Å². The first kappa shape index (κ1) is 14.0. The minimum absolute atomic E-state index is 0.117. The lowest BCUT2D eigenvalue weighted by molar-refractivity contribution is -0.134. The van der Waals surface area contributed by atoms with Crippen molar-refractivity contribution in [2.24, 2.45) is 5.92 Å². The lowest BCUT2D eigenvalue weighted by atomic mass is 10.1. The molecule has 1 saturated carbocycles. The van der Waals surface area contributed by atoms with Crippen molar-refractivity contribution in [2.45, 2.75) is 31.8 Å². The predicted octanol–water partition coefficient (Wildman–Crippen LogP) is 1.59. The zero-order valence-corrected chi connectivity index (χ0v) is 11.4. The maximum absolute atomic E-state index is 13.2. The zero-order chi connectivity index (χ0) is 15.0. The van der Waals surface area contributed by atoms with Gasteiger partial charge in [0.2, 0.25) is 11.8 Å². The van der Waals surface area contributed by atoms with Crippen LogP contribution in [0.4, 0.5) is 8.78 Å². The second kappa shape index (κ2) is 5.42. The second-order valence-electron chi connectivity index (χ2n) is 5.67. The van der Waals surface area contributed by atoms with Crippen LogP contribution in [0.2, 0.25) is 0 Å². The van der Waals surface area contributed by atoms with E-state index in [4.69, 9.17) is 0 Å². The molecule has 0 bridgehead atoms. The van der Waals surface area contributed by atoms with Gasteiger partial charge >= 0.3 is 0 Å². The smallest absolute Gasteiger partial charge is 0.245 e. The summed E-state index contributed by atoms with van der Waals surface area (Å²) in [6, 6.07) is 2.73. The standard InChI is InChI=1S/C15H16F2N2O2/c16-11-5-9(6-12(17)7-11)8-19-4-3-13(20)18-14(15(19)21)10-1-2-10/h5-7,10,14H,1-4,8H2,(H,18,20). The van der Waals surface area contributed by atoms with E-state index < -0.39 is 17.7 Å². The fourth-order valence-electron chi connectivity index (χ4n) is 2.68. The summed E-state index contributed by atoms with van der Waals surface area (Å²) in [4.78, 5) is 25.6. The fraction of sp³-hybridized carbons (Fsp3) is 0.467. The molecule has 1 unspecified atom stereocenters. The molecule has 2 aliphatic rings. The molecular formula is C15H16F2N2O2. The molecule has 6 heteroatoms. The summed E-state index contributed by atoms with van der Waals surface area (Å²) in [6.07, 6.45) is 2.07. The molecule has 0 spiro atoms. The van der Waals surface area contributed by atoms with Crippen molar-refractivity contribution in [3.05, 3.63) is 35.4 Å². The Morgan fingerprint density at radius 2 is 1.81 bits per heavy atom. The van der Waals surface area contributed by atoms with Crippen molar-refractivity contribution in [3.63, 3.8) is 0 Å². The van der Waals surface area contributed by atoms with E-state index in [1.54, 1.807) is 0 Å². The third-order valence-corrected chi connectivity index (χ3v) is 3.89. The molecule has 1 heterocycles. The van der Waals surface area contributed by atoms with Crippen LogP contribution in [0.5, 0.6) is 0 Å². The van der Waals surface area contributed by atoms with Crippen LogP contribution >= 0.6 is 0 Å². The summed E-state index contributed by atoms with van der Waals surface area (Å²) in [6.45, 7) is 0.387. The Morgan fingerprint density at radius 1 is 1.14 bits per heavy atom. The lowest BCUT2D eigenvalue weighted by Crippen LogP contribution is -2.45. The third-order valence-electron chi connectivity index (χ3n) is 3.89. The van der Waals surface area contributed by atoms with Crippen molar-refractivity contribution in [3.8, 4) is 0 Å². The fourth-order valence-corrected chi connectivity index (χ4v) is 2.68. The van der Waals surface area contributed by atoms with E-state index >= 15 is 0 Å². The summed E-state index contributed by atoms with van der Waals surface area (Å²) < 4.78 is 26.5.